The second-order valence-corrected chi connectivity index (χ2v) is 9.83. The van der Waals surface area contributed by atoms with Gasteiger partial charge in [-0.1, -0.05) is 31.0 Å². The van der Waals surface area contributed by atoms with Crippen LogP contribution in [0, 0.1) is 42.1 Å². The van der Waals surface area contributed by atoms with Crippen LogP contribution in [0.15, 0.2) is 30.3 Å². The van der Waals surface area contributed by atoms with Crippen LogP contribution < -0.4 is 0 Å². The number of rotatable bonds is 4. The second-order valence-electron chi connectivity index (χ2n) is 9.42. The minimum atomic E-state index is -0.594. The van der Waals surface area contributed by atoms with Gasteiger partial charge in [0.15, 0.2) is 0 Å². The summed E-state index contributed by atoms with van der Waals surface area (Å²) in [6.45, 7) is 1.64. The van der Waals surface area contributed by atoms with E-state index < -0.39 is 17.5 Å². The maximum Gasteiger partial charge on any atom is 0.134 e. The fourth-order valence-corrected chi connectivity index (χ4v) is 6.05. The molecule has 0 unspecified atom stereocenters. The Labute approximate surface area is 181 Å². The summed E-state index contributed by atoms with van der Waals surface area (Å²) in [5.41, 5.74) is 1.34. The summed E-state index contributed by atoms with van der Waals surface area (Å²) in [7, 11) is 3.67. The van der Waals surface area contributed by atoms with Gasteiger partial charge >= 0.3 is 0 Å². The molecule has 0 aliphatic heterocycles. The Bertz CT molecular complexity index is 855. The maximum atomic E-state index is 14.9. The zero-order valence-electron chi connectivity index (χ0n) is 17.7. The fourth-order valence-electron chi connectivity index (χ4n) is 5.64. The van der Waals surface area contributed by atoms with Gasteiger partial charge in [-0.2, -0.15) is 0 Å². The molecule has 2 aromatic carbocycles. The van der Waals surface area contributed by atoms with Crippen LogP contribution in [0.3, 0.4) is 0 Å². The summed E-state index contributed by atoms with van der Waals surface area (Å²) >= 11 is 0. The lowest BCUT2D eigenvalue weighted by Crippen LogP contribution is -2.25. The summed E-state index contributed by atoms with van der Waals surface area (Å²) in [5.74, 6) is 1.01. The molecule has 0 aromatic heterocycles. The van der Waals surface area contributed by atoms with Crippen molar-refractivity contribution >= 4 is 10.2 Å². The van der Waals surface area contributed by atoms with Gasteiger partial charge in [-0.3, -0.25) is 0 Å². The Hall–Kier alpha value is -1.55. The highest BCUT2D eigenvalue weighted by molar-refractivity contribution is 6.08. The molecule has 0 bridgehead atoms. The summed E-state index contributed by atoms with van der Waals surface area (Å²) in [6, 6.07) is 8.41. The Balaban J connectivity index is 1.44. The third kappa shape index (κ3) is 4.54. The van der Waals surface area contributed by atoms with Crippen LogP contribution in [0.1, 0.15) is 68.4 Å². The second kappa shape index (κ2) is 9.29. The van der Waals surface area contributed by atoms with E-state index in [2.05, 4.69) is 10.2 Å². The minimum absolute atomic E-state index is 0.130. The van der Waals surface area contributed by atoms with Crippen LogP contribution in [0.25, 0.3) is 11.1 Å². The first-order valence-electron chi connectivity index (χ1n) is 11.4. The molecular weight excluding hydrogens is 397 g/mol. The van der Waals surface area contributed by atoms with Crippen molar-refractivity contribution in [2.75, 3.05) is 0 Å². The molecule has 0 N–H and O–H groups in total. The predicted octanol–water partition coefficient (Wildman–Crippen LogP) is 7.75. The van der Waals surface area contributed by atoms with E-state index in [9.17, 15) is 13.2 Å². The molecule has 0 atom stereocenters. The van der Waals surface area contributed by atoms with E-state index in [0.717, 1.165) is 55.0 Å². The zero-order valence-corrected chi connectivity index (χ0v) is 18.7. The van der Waals surface area contributed by atoms with E-state index in [0.29, 0.717) is 5.56 Å². The van der Waals surface area contributed by atoms with E-state index in [1.807, 2.05) is 0 Å². The van der Waals surface area contributed by atoms with Gasteiger partial charge in [0.05, 0.1) is 5.56 Å². The van der Waals surface area contributed by atoms with Gasteiger partial charge < -0.3 is 0 Å². The molecule has 0 spiro atoms. The molecule has 0 heterocycles. The lowest BCUT2D eigenvalue weighted by atomic mass is 9.68. The van der Waals surface area contributed by atoms with E-state index >= 15 is 0 Å². The first-order chi connectivity index (χ1) is 14.5. The zero-order chi connectivity index (χ0) is 21.3. The molecule has 2 aromatic rings. The average molecular weight is 428 g/mol. The molecule has 30 heavy (non-hydrogen) atoms. The highest BCUT2D eigenvalue weighted by Gasteiger charge is 2.31. The standard InChI is InChI=1S/C26H30F3Si/c1-16-2-5-21(12-23(16)27)26-24(28)13-22(14-25(26)29)20-10-8-19(9-11-20)18-6-3-17(15-30)4-7-18/h2,5,12-14,17-20H,3-4,6-11,15H2,1H3. The number of benzene rings is 2. The summed E-state index contributed by atoms with van der Waals surface area (Å²) in [6.07, 6.45) is 9.62. The van der Waals surface area contributed by atoms with E-state index in [1.54, 1.807) is 19.1 Å². The van der Waals surface area contributed by atoms with Gasteiger partial charge in [-0.15, -0.1) is 0 Å². The Morgan fingerprint density at radius 1 is 0.767 bits per heavy atom. The van der Waals surface area contributed by atoms with Gasteiger partial charge in [0.2, 0.25) is 0 Å². The Kier molecular flexibility index (Phi) is 6.71. The van der Waals surface area contributed by atoms with E-state index in [1.165, 1.54) is 43.9 Å². The monoisotopic (exact) mass is 427 g/mol. The fraction of sp³-hybridized carbons (Fsp3) is 0.538. The molecule has 0 nitrogen and oxygen atoms in total. The summed E-state index contributed by atoms with van der Waals surface area (Å²) in [4.78, 5) is 0. The van der Waals surface area contributed by atoms with Crippen LogP contribution in [-0.4, -0.2) is 10.2 Å². The molecule has 0 saturated heterocycles. The molecule has 2 aliphatic rings. The van der Waals surface area contributed by atoms with Crippen molar-refractivity contribution in [2.24, 2.45) is 17.8 Å². The third-order valence-corrected chi connectivity index (χ3v) is 8.19. The smallest absolute Gasteiger partial charge is 0.134 e. The van der Waals surface area contributed by atoms with Crippen LogP contribution in [0.4, 0.5) is 13.2 Å². The topological polar surface area (TPSA) is 0 Å². The highest BCUT2D eigenvalue weighted by Crippen LogP contribution is 2.45. The summed E-state index contributed by atoms with van der Waals surface area (Å²) < 4.78 is 43.6. The van der Waals surface area contributed by atoms with Crippen LogP contribution in [-0.2, 0) is 0 Å². The predicted molar refractivity (Wildman–Crippen MR) is 117 cm³/mol. The van der Waals surface area contributed by atoms with Crippen molar-refractivity contribution in [1.29, 1.82) is 0 Å². The third-order valence-electron chi connectivity index (χ3n) is 7.61. The molecule has 4 rings (SSSR count). The van der Waals surface area contributed by atoms with Gasteiger partial charge in [0, 0.05) is 10.2 Å². The van der Waals surface area contributed by atoms with Crippen molar-refractivity contribution < 1.29 is 13.2 Å². The lowest BCUT2D eigenvalue weighted by Gasteiger charge is -2.38. The van der Waals surface area contributed by atoms with Crippen molar-refractivity contribution in [2.45, 2.75) is 70.3 Å². The first-order valence-corrected chi connectivity index (χ1v) is 12.1. The van der Waals surface area contributed by atoms with Gasteiger partial charge in [0.1, 0.15) is 17.5 Å². The van der Waals surface area contributed by atoms with Gasteiger partial charge in [0.25, 0.3) is 0 Å². The van der Waals surface area contributed by atoms with Crippen molar-refractivity contribution in [3.8, 4) is 11.1 Å². The number of aryl methyl sites for hydroxylation is 1. The lowest BCUT2D eigenvalue weighted by molar-refractivity contribution is 0.165. The van der Waals surface area contributed by atoms with Gasteiger partial charge in [-0.05, 0) is 104 Å². The van der Waals surface area contributed by atoms with Crippen LogP contribution >= 0.6 is 0 Å². The minimum Gasteiger partial charge on any atom is -0.207 e. The van der Waals surface area contributed by atoms with Gasteiger partial charge in [-0.25, -0.2) is 13.2 Å². The van der Waals surface area contributed by atoms with Crippen molar-refractivity contribution in [3.05, 3.63) is 58.9 Å². The quantitative estimate of drug-likeness (QED) is 0.438. The van der Waals surface area contributed by atoms with Crippen LogP contribution in [0.2, 0.25) is 6.04 Å². The molecular formula is C26H30F3Si. The Morgan fingerprint density at radius 2 is 1.33 bits per heavy atom. The number of halogens is 3. The maximum absolute atomic E-state index is 14.9. The highest BCUT2D eigenvalue weighted by atomic mass is 28.1. The molecule has 2 fully saturated rings. The normalized spacial score (nSPS) is 27.2. The Morgan fingerprint density at radius 3 is 1.87 bits per heavy atom. The number of hydrogen-bond donors (Lipinski definition) is 0. The SMILES string of the molecule is Cc1ccc(-c2c(F)cc(C3CCC(C4CCC(C[Si])CC4)CC3)cc2F)cc1F. The summed E-state index contributed by atoms with van der Waals surface area (Å²) in [5, 5.41) is 0. The average Bonchev–Trinajstić information content (AvgIpc) is 2.76. The largest absolute Gasteiger partial charge is 0.207 e. The van der Waals surface area contributed by atoms with Crippen molar-refractivity contribution in [3.63, 3.8) is 0 Å². The van der Waals surface area contributed by atoms with E-state index in [4.69, 9.17) is 0 Å². The first kappa shape index (κ1) is 21.7. The number of hydrogen-bond acceptors (Lipinski definition) is 0. The molecule has 159 valence electrons. The molecule has 0 amide bonds. The van der Waals surface area contributed by atoms with Crippen molar-refractivity contribution in [1.82, 2.24) is 0 Å². The van der Waals surface area contributed by atoms with E-state index in [-0.39, 0.29) is 17.0 Å². The molecule has 2 aliphatic carbocycles. The molecule has 2 saturated carbocycles. The molecule has 3 radical (unpaired) electrons. The molecule has 4 heteroatoms. The van der Waals surface area contributed by atoms with Crippen LogP contribution in [0.5, 0.6) is 0 Å².